The van der Waals surface area contributed by atoms with E-state index >= 15 is 0 Å². The minimum atomic E-state index is -0.330. The number of amides is 2. The van der Waals surface area contributed by atoms with Crippen molar-refractivity contribution in [2.75, 3.05) is 37.6 Å². The Bertz CT molecular complexity index is 1250. The first-order chi connectivity index (χ1) is 15.9. The number of thiophene rings is 1. The van der Waals surface area contributed by atoms with Crippen molar-refractivity contribution in [1.82, 2.24) is 19.8 Å². The molecule has 4 rings (SSSR count). The molecule has 33 heavy (non-hydrogen) atoms. The van der Waals surface area contributed by atoms with Crippen molar-refractivity contribution >= 4 is 39.1 Å². The predicted octanol–water partition coefficient (Wildman–Crippen LogP) is 2.39. The third-order valence-corrected chi connectivity index (χ3v) is 6.95. The van der Waals surface area contributed by atoms with Gasteiger partial charge in [0.2, 0.25) is 5.91 Å². The second kappa shape index (κ2) is 9.70. The number of nitrogens with zero attached hydrogens (tertiary/aromatic N) is 4. The molecule has 8 nitrogen and oxygen atoms in total. The van der Waals surface area contributed by atoms with Gasteiger partial charge in [-0.15, -0.1) is 11.3 Å². The molecular weight excluding hydrogens is 445 g/mol. The Kier molecular flexibility index (Phi) is 6.73. The zero-order valence-corrected chi connectivity index (χ0v) is 19.5. The van der Waals surface area contributed by atoms with Gasteiger partial charge < -0.3 is 15.1 Å². The maximum atomic E-state index is 14.1. The van der Waals surface area contributed by atoms with Crippen LogP contribution in [0.25, 0.3) is 10.2 Å². The number of rotatable bonds is 6. The number of benzene rings is 1. The maximum absolute atomic E-state index is 14.1. The number of halogens is 1. The molecule has 3 aromatic rings. The van der Waals surface area contributed by atoms with Crippen LogP contribution in [0.15, 0.2) is 35.4 Å². The van der Waals surface area contributed by atoms with Gasteiger partial charge in [-0.2, -0.15) is 0 Å². The molecule has 0 unspecified atom stereocenters. The first kappa shape index (κ1) is 22.9. The minimum Gasteiger partial charge on any atom is -0.366 e. The van der Waals surface area contributed by atoms with E-state index in [-0.39, 0.29) is 29.7 Å². The minimum absolute atomic E-state index is 0.113. The number of aromatic nitrogens is 2. The standard InChI is InChI=1S/C23H26FN5O3S/c1-3-8-25-18(30)13-29-14-26-21-19(22(29)31)15(2)20(33-21)23(32)28-11-9-27(10-12-28)17-7-5-4-6-16(17)24/h4-7,14H,3,8-13H2,1-2H3,(H,25,30). The highest BCUT2D eigenvalue weighted by atomic mass is 32.1. The van der Waals surface area contributed by atoms with Gasteiger partial charge >= 0.3 is 0 Å². The van der Waals surface area contributed by atoms with Crippen molar-refractivity contribution in [3.63, 3.8) is 0 Å². The molecule has 2 amide bonds. The second-order valence-electron chi connectivity index (χ2n) is 7.99. The summed E-state index contributed by atoms with van der Waals surface area (Å²) in [5.74, 6) is -0.685. The zero-order chi connectivity index (χ0) is 23.5. The third kappa shape index (κ3) is 4.61. The second-order valence-corrected chi connectivity index (χ2v) is 8.99. The Morgan fingerprint density at radius 3 is 2.61 bits per heavy atom. The number of hydrogen-bond donors (Lipinski definition) is 1. The summed E-state index contributed by atoms with van der Waals surface area (Å²) in [6, 6.07) is 6.62. The average Bonchev–Trinajstić information content (AvgIpc) is 3.16. The van der Waals surface area contributed by atoms with E-state index in [1.165, 1.54) is 28.3 Å². The Balaban J connectivity index is 1.51. The normalized spacial score (nSPS) is 14.0. The van der Waals surface area contributed by atoms with E-state index in [2.05, 4.69) is 10.3 Å². The fraction of sp³-hybridized carbons (Fsp3) is 0.391. The Hall–Kier alpha value is -3.27. The summed E-state index contributed by atoms with van der Waals surface area (Å²) in [5, 5.41) is 3.12. The number of para-hydroxylation sites is 1. The van der Waals surface area contributed by atoms with Crippen LogP contribution in [-0.4, -0.2) is 59.0 Å². The van der Waals surface area contributed by atoms with E-state index in [9.17, 15) is 18.8 Å². The molecule has 0 atom stereocenters. The van der Waals surface area contributed by atoms with Gasteiger partial charge in [-0.3, -0.25) is 19.0 Å². The highest BCUT2D eigenvalue weighted by Crippen LogP contribution is 2.29. The van der Waals surface area contributed by atoms with Gasteiger partial charge in [0, 0.05) is 32.7 Å². The van der Waals surface area contributed by atoms with Crippen LogP contribution < -0.4 is 15.8 Å². The van der Waals surface area contributed by atoms with Gasteiger partial charge in [-0.25, -0.2) is 9.37 Å². The van der Waals surface area contributed by atoms with Gasteiger partial charge in [-0.1, -0.05) is 19.1 Å². The van der Waals surface area contributed by atoms with Crippen molar-refractivity contribution in [1.29, 1.82) is 0 Å². The lowest BCUT2D eigenvalue weighted by molar-refractivity contribution is -0.121. The molecular formula is C23H26FN5O3S. The zero-order valence-electron chi connectivity index (χ0n) is 18.6. The van der Waals surface area contributed by atoms with Gasteiger partial charge in [-0.05, 0) is 31.0 Å². The molecule has 2 aromatic heterocycles. The van der Waals surface area contributed by atoms with Crippen LogP contribution in [-0.2, 0) is 11.3 Å². The molecule has 10 heteroatoms. The average molecular weight is 472 g/mol. The summed E-state index contributed by atoms with van der Waals surface area (Å²) in [6.45, 7) is 6.08. The van der Waals surface area contributed by atoms with Crippen molar-refractivity contribution < 1.29 is 14.0 Å². The van der Waals surface area contributed by atoms with Crippen LogP contribution in [0.3, 0.4) is 0 Å². The highest BCUT2D eigenvalue weighted by molar-refractivity contribution is 7.20. The van der Waals surface area contributed by atoms with Crippen molar-refractivity contribution in [3.8, 4) is 0 Å². The molecule has 174 valence electrons. The van der Waals surface area contributed by atoms with Gasteiger partial charge in [0.05, 0.1) is 22.3 Å². The molecule has 0 radical (unpaired) electrons. The molecule has 1 saturated heterocycles. The number of nitrogens with one attached hydrogen (secondary N) is 1. The first-order valence-electron chi connectivity index (χ1n) is 10.9. The van der Waals surface area contributed by atoms with Crippen LogP contribution in [0, 0.1) is 12.7 Å². The fourth-order valence-electron chi connectivity index (χ4n) is 3.95. The maximum Gasteiger partial charge on any atom is 0.264 e. The molecule has 1 aliphatic heterocycles. The number of aryl methyl sites for hydroxylation is 1. The summed E-state index contributed by atoms with van der Waals surface area (Å²) < 4.78 is 15.4. The van der Waals surface area contributed by atoms with E-state index in [0.29, 0.717) is 59.1 Å². The molecule has 0 saturated carbocycles. The molecule has 1 aliphatic rings. The van der Waals surface area contributed by atoms with Crippen LogP contribution in [0.1, 0.15) is 28.6 Å². The number of carbonyl (C=O) groups excluding carboxylic acids is 2. The molecule has 0 bridgehead atoms. The SMILES string of the molecule is CCCNC(=O)Cn1cnc2sc(C(=O)N3CCN(c4ccccc4F)CC3)c(C)c2c1=O. The molecule has 1 aromatic carbocycles. The van der Waals surface area contributed by atoms with Crippen LogP contribution in [0.2, 0.25) is 0 Å². The van der Waals surface area contributed by atoms with Gasteiger partial charge in [0.15, 0.2) is 0 Å². The number of hydrogen-bond acceptors (Lipinski definition) is 6. The Labute approximate surface area is 194 Å². The summed E-state index contributed by atoms with van der Waals surface area (Å²) in [6.07, 6.45) is 2.16. The van der Waals surface area contributed by atoms with E-state index in [0.717, 1.165) is 6.42 Å². The van der Waals surface area contributed by atoms with Gasteiger partial charge in [0.1, 0.15) is 17.2 Å². The van der Waals surface area contributed by atoms with E-state index < -0.39 is 0 Å². The van der Waals surface area contributed by atoms with Crippen molar-refractivity contribution in [3.05, 3.63) is 57.2 Å². The fourth-order valence-corrected chi connectivity index (χ4v) is 5.06. The summed E-state index contributed by atoms with van der Waals surface area (Å²) in [4.78, 5) is 47.2. The monoisotopic (exact) mass is 471 g/mol. The van der Waals surface area contributed by atoms with Crippen molar-refractivity contribution in [2.24, 2.45) is 0 Å². The number of carbonyl (C=O) groups is 2. The Morgan fingerprint density at radius 1 is 1.18 bits per heavy atom. The van der Waals surface area contributed by atoms with Crippen molar-refractivity contribution in [2.45, 2.75) is 26.8 Å². The largest absolute Gasteiger partial charge is 0.366 e. The summed E-state index contributed by atoms with van der Waals surface area (Å²) in [5.41, 5.74) is 0.788. The quantitative estimate of drug-likeness (QED) is 0.597. The number of piperazine rings is 1. The molecule has 0 aliphatic carbocycles. The first-order valence-corrected chi connectivity index (χ1v) is 11.8. The number of anilines is 1. The van der Waals surface area contributed by atoms with Gasteiger partial charge in [0.25, 0.3) is 11.5 Å². The molecule has 1 N–H and O–H groups in total. The lowest BCUT2D eigenvalue weighted by Gasteiger charge is -2.36. The Morgan fingerprint density at radius 2 is 1.91 bits per heavy atom. The van der Waals surface area contributed by atoms with E-state index in [4.69, 9.17) is 0 Å². The topological polar surface area (TPSA) is 87.5 Å². The van der Waals surface area contributed by atoms with E-state index in [1.807, 2.05) is 11.8 Å². The summed E-state index contributed by atoms with van der Waals surface area (Å²) in [7, 11) is 0. The predicted molar refractivity (Wildman–Crippen MR) is 126 cm³/mol. The van der Waals surface area contributed by atoms with Crippen LogP contribution in [0.4, 0.5) is 10.1 Å². The molecule has 1 fully saturated rings. The van der Waals surface area contributed by atoms with E-state index in [1.54, 1.807) is 30.0 Å². The lowest BCUT2D eigenvalue weighted by atomic mass is 10.2. The third-order valence-electron chi connectivity index (χ3n) is 5.76. The lowest BCUT2D eigenvalue weighted by Crippen LogP contribution is -2.49. The smallest absolute Gasteiger partial charge is 0.264 e. The number of fused-ring (bicyclic) bond motifs is 1. The van der Waals surface area contributed by atoms with Crippen LogP contribution >= 0.6 is 11.3 Å². The highest BCUT2D eigenvalue weighted by Gasteiger charge is 2.27. The molecule has 3 heterocycles. The molecule has 0 spiro atoms. The summed E-state index contributed by atoms with van der Waals surface area (Å²) >= 11 is 1.19. The van der Waals surface area contributed by atoms with Crippen LogP contribution in [0.5, 0.6) is 0 Å².